The van der Waals surface area contributed by atoms with Crippen LogP contribution in [0.1, 0.15) is 34.1 Å². The summed E-state index contributed by atoms with van der Waals surface area (Å²) in [6, 6.07) is 13.7. The third kappa shape index (κ3) is 4.82. The molecule has 0 aliphatic carbocycles. The molecule has 0 aliphatic heterocycles. The molecule has 0 aliphatic rings. The minimum absolute atomic E-state index is 0.395. The molecule has 23 heavy (non-hydrogen) atoms. The summed E-state index contributed by atoms with van der Waals surface area (Å²) in [5.41, 5.74) is 5.65. The van der Waals surface area contributed by atoms with E-state index < -0.39 is 11.8 Å². The number of nitrogens with one attached hydrogen (secondary N) is 2. The predicted octanol–water partition coefficient (Wildman–Crippen LogP) is 3.31. The molecule has 0 fully saturated rings. The Bertz CT molecular complexity index is 686. The van der Waals surface area contributed by atoms with Crippen molar-refractivity contribution in [2.24, 2.45) is 0 Å². The van der Waals surface area contributed by atoms with Gasteiger partial charge in [-0.3, -0.25) is 20.4 Å². The maximum atomic E-state index is 12.0. The molecule has 2 aromatic carbocycles. The molecule has 2 N–H and O–H groups in total. The third-order valence-corrected chi connectivity index (χ3v) is 3.69. The van der Waals surface area contributed by atoms with Gasteiger partial charge < -0.3 is 4.74 Å². The van der Waals surface area contributed by atoms with Crippen LogP contribution in [0.25, 0.3) is 0 Å². The fourth-order valence-corrected chi connectivity index (χ4v) is 2.29. The largest absolute Gasteiger partial charge is 0.494 e. The van der Waals surface area contributed by atoms with Crippen LogP contribution in [0.3, 0.4) is 0 Å². The fraction of sp³-hybridized carbons (Fsp3) is 0.176. The van der Waals surface area contributed by atoms with E-state index in [4.69, 9.17) is 4.74 Å². The molecule has 0 bridgehead atoms. The Kier molecular flexibility index (Phi) is 6.17. The highest BCUT2D eigenvalue weighted by atomic mass is 79.9. The summed E-state index contributed by atoms with van der Waals surface area (Å²) >= 11 is 3.29. The van der Waals surface area contributed by atoms with Crippen molar-refractivity contribution in [3.63, 3.8) is 0 Å². The van der Waals surface area contributed by atoms with Gasteiger partial charge in [0.05, 0.1) is 12.2 Å². The van der Waals surface area contributed by atoms with E-state index in [1.165, 1.54) is 0 Å². The quantitative estimate of drug-likeness (QED) is 0.786. The summed E-state index contributed by atoms with van der Waals surface area (Å²) in [5.74, 6) is -0.0816. The number of hydrazine groups is 1. The molecule has 0 unspecified atom stereocenters. The number of carbonyl (C=O) groups is 2. The number of rotatable bonds is 5. The molecule has 0 atom stereocenters. The van der Waals surface area contributed by atoms with Crippen molar-refractivity contribution >= 4 is 27.7 Å². The van der Waals surface area contributed by atoms with Crippen molar-refractivity contribution in [1.29, 1.82) is 0 Å². The van der Waals surface area contributed by atoms with Gasteiger partial charge in [0.2, 0.25) is 0 Å². The summed E-state index contributed by atoms with van der Waals surface area (Å²) in [6.45, 7) is 2.66. The van der Waals surface area contributed by atoms with Crippen molar-refractivity contribution in [1.82, 2.24) is 10.9 Å². The first kappa shape index (κ1) is 17.0. The summed E-state index contributed by atoms with van der Waals surface area (Å²) in [5, 5.41) is 0. The van der Waals surface area contributed by atoms with Crippen molar-refractivity contribution < 1.29 is 14.3 Å². The number of benzene rings is 2. The van der Waals surface area contributed by atoms with Crippen molar-refractivity contribution in [2.45, 2.75) is 13.3 Å². The number of amides is 2. The van der Waals surface area contributed by atoms with Crippen LogP contribution in [0.5, 0.6) is 5.75 Å². The molecule has 120 valence electrons. The van der Waals surface area contributed by atoms with Crippen LogP contribution >= 0.6 is 15.9 Å². The number of carbonyl (C=O) groups excluding carboxylic acids is 2. The van der Waals surface area contributed by atoms with Crippen LogP contribution in [0.15, 0.2) is 53.0 Å². The van der Waals surface area contributed by atoms with E-state index in [2.05, 4.69) is 26.8 Å². The Morgan fingerprint density at radius 1 is 1.00 bits per heavy atom. The van der Waals surface area contributed by atoms with Gasteiger partial charge in [0.25, 0.3) is 11.8 Å². The Hall–Kier alpha value is -2.34. The lowest BCUT2D eigenvalue weighted by Gasteiger charge is -2.09. The maximum Gasteiger partial charge on any atom is 0.270 e. The van der Waals surface area contributed by atoms with Crippen LogP contribution < -0.4 is 15.6 Å². The van der Waals surface area contributed by atoms with E-state index in [0.717, 1.165) is 6.42 Å². The van der Waals surface area contributed by atoms with Gasteiger partial charge in [-0.15, -0.1) is 0 Å². The number of hydrogen-bond donors (Lipinski definition) is 2. The molecule has 0 aromatic heterocycles. The van der Waals surface area contributed by atoms with E-state index in [-0.39, 0.29) is 0 Å². The predicted molar refractivity (Wildman–Crippen MR) is 91.3 cm³/mol. The normalized spacial score (nSPS) is 10.0. The molecule has 0 spiro atoms. The maximum absolute atomic E-state index is 12.0. The first-order valence-corrected chi connectivity index (χ1v) is 7.99. The van der Waals surface area contributed by atoms with E-state index in [1.807, 2.05) is 13.0 Å². The Morgan fingerprint density at radius 2 is 1.65 bits per heavy atom. The molecular formula is C17H17BrN2O3. The minimum Gasteiger partial charge on any atom is -0.494 e. The molecule has 6 heteroatoms. The van der Waals surface area contributed by atoms with E-state index >= 15 is 0 Å². The molecule has 0 radical (unpaired) electrons. The molecule has 2 aromatic rings. The van der Waals surface area contributed by atoms with Gasteiger partial charge in [-0.2, -0.15) is 0 Å². The average Bonchev–Trinajstić information content (AvgIpc) is 2.58. The highest BCUT2D eigenvalue weighted by molar-refractivity contribution is 9.10. The zero-order chi connectivity index (χ0) is 16.7. The number of halogens is 1. The minimum atomic E-state index is -0.396. The van der Waals surface area contributed by atoms with Crippen LogP contribution in [-0.4, -0.2) is 18.4 Å². The van der Waals surface area contributed by atoms with Crippen molar-refractivity contribution in [3.05, 3.63) is 64.1 Å². The highest BCUT2D eigenvalue weighted by Gasteiger charge is 2.11. The average molecular weight is 377 g/mol. The van der Waals surface area contributed by atoms with Crippen LogP contribution in [0.2, 0.25) is 0 Å². The molecule has 0 heterocycles. The second kappa shape index (κ2) is 8.33. The number of hydrogen-bond acceptors (Lipinski definition) is 3. The van der Waals surface area contributed by atoms with Crippen molar-refractivity contribution in [2.75, 3.05) is 6.61 Å². The second-order valence-electron chi connectivity index (χ2n) is 4.76. The van der Waals surface area contributed by atoms with E-state index in [0.29, 0.717) is 28.0 Å². The summed E-state index contributed by atoms with van der Waals surface area (Å²) in [6.07, 6.45) is 0.920. The zero-order valence-corrected chi connectivity index (χ0v) is 14.2. The molecule has 2 rings (SSSR count). The molecule has 0 saturated heterocycles. The van der Waals surface area contributed by atoms with Crippen molar-refractivity contribution in [3.8, 4) is 5.75 Å². The highest BCUT2D eigenvalue weighted by Crippen LogP contribution is 2.15. The summed E-state index contributed by atoms with van der Waals surface area (Å²) in [7, 11) is 0. The summed E-state index contributed by atoms with van der Waals surface area (Å²) < 4.78 is 6.11. The zero-order valence-electron chi connectivity index (χ0n) is 12.6. The Morgan fingerprint density at radius 3 is 2.30 bits per heavy atom. The lowest BCUT2D eigenvalue weighted by atomic mass is 10.2. The van der Waals surface area contributed by atoms with Gasteiger partial charge in [-0.1, -0.05) is 19.1 Å². The smallest absolute Gasteiger partial charge is 0.270 e. The molecule has 2 amide bonds. The first-order chi connectivity index (χ1) is 11.1. The van der Waals surface area contributed by atoms with E-state index in [1.54, 1.807) is 42.5 Å². The molecular weight excluding hydrogens is 360 g/mol. The SMILES string of the molecule is CCCOc1ccc(C(=O)NNC(=O)c2ccccc2Br)cc1. The van der Waals surface area contributed by atoms with Gasteiger partial charge in [0.1, 0.15) is 5.75 Å². The summed E-state index contributed by atoms with van der Waals surface area (Å²) in [4.78, 5) is 24.0. The standard InChI is InChI=1S/C17H17BrN2O3/c1-2-11-23-13-9-7-12(8-10-13)16(21)19-20-17(22)14-5-3-4-6-15(14)18/h3-10H,2,11H2,1H3,(H,19,21)(H,20,22). The van der Waals surface area contributed by atoms with Crippen LogP contribution in [0.4, 0.5) is 0 Å². The van der Waals surface area contributed by atoms with Gasteiger partial charge in [-0.25, -0.2) is 0 Å². The van der Waals surface area contributed by atoms with Crippen LogP contribution in [-0.2, 0) is 0 Å². The van der Waals surface area contributed by atoms with Gasteiger partial charge in [0, 0.05) is 10.0 Å². The first-order valence-electron chi connectivity index (χ1n) is 7.20. The topological polar surface area (TPSA) is 67.4 Å². The Labute approximate surface area is 143 Å². The van der Waals surface area contributed by atoms with Crippen LogP contribution in [0, 0.1) is 0 Å². The second-order valence-corrected chi connectivity index (χ2v) is 5.62. The van der Waals surface area contributed by atoms with Gasteiger partial charge >= 0.3 is 0 Å². The van der Waals surface area contributed by atoms with Gasteiger partial charge in [-0.05, 0) is 58.7 Å². The molecule has 5 nitrogen and oxygen atoms in total. The Balaban J connectivity index is 1.92. The molecule has 0 saturated carbocycles. The van der Waals surface area contributed by atoms with Gasteiger partial charge in [0.15, 0.2) is 0 Å². The lowest BCUT2D eigenvalue weighted by Crippen LogP contribution is -2.41. The monoisotopic (exact) mass is 376 g/mol. The fourth-order valence-electron chi connectivity index (χ4n) is 1.82. The van der Waals surface area contributed by atoms with E-state index in [9.17, 15) is 9.59 Å². The lowest BCUT2D eigenvalue weighted by molar-refractivity contribution is 0.0846. The third-order valence-electron chi connectivity index (χ3n) is 3.00. The number of ether oxygens (including phenoxy) is 1.